The van der Waals surface area contributed by atoms with Gasteiger partial charge in [-0.1, -0.05) is 6.07 Å². The average molecular weight is 1070 g/mol. The summed E-state index contributed by atoms with van der Waals surface area (Å²) in [6, 6.07) is 2.76. The van der Waals surface area contributed by atoms with Crippen molar-refractivity contribution in [1.29, 1.82) is 0 Å². The maximum absolute atomic E-state index is 13.5. The third-order valence-corrected chi connectivity index (χ3v) is 10.4. The Bertz CT molecular complexity index is 1850. The molecule has 426 valence electrons. The van der Waals surface area contributed by atoms with Gasteiger partial charge >= 0.3 is 12.1 Å². The first kappa shape index (κ1) is 65.3. The van der Waals surface area contributed by atoms with Crippen molar-refractivity contribution in [2.45, 2.75) is 51.3 Å². The molecule has 0 aliphatic carbocycles. The third-order valence-electron chi connectivity index (χ3n) is 10.4. The second-order valence-electron chi connectivity index (χ2n) is 16.4. The molecule has 0 saturated carbocycles. The van der Waals surface area contributed by atoms with E-state index in [-0.39, 0.29) is 115 Å². The fraction of sp³-hybridized carbons (Fsp3) is 0.681. The lowest BCUT2D eigenvalue weighted by molar-refractivity contribution is -0.139. The molecule has 1 aromatic carbocycles. The second-order valence-corrected chi connectivity index (χ2v) is 16.4. The van der Waals surface area contributed by atoms with Gasteiger partial charge in [-0.05, 0) is 36.1 Å². The summed E-state index contributed by atoms with van der Waals surface area (Å²) >= 11 is 0. The van der Waals surface area contributed by atoms with Crippen molar-refractivity contribution < 1.29 is 86.0 Å². The van der Waals surface area contributed by atoms with Crippen LogP contribution in [0.4, 0.5) is 15.3 Å². The average Bonchev–Trinajstić information content (AvgIpc) is 3.70. The highest BCUT2D eigenvalue weighted by atomic mass is 16.6. The van der Waals surface area contributed by atoms with Crippen LogP contribution in [-0.2, 0) is 84.5 Å². The van der Waals surface area contributed by atoms with Crippen LogP contribution in [0.25, 0.3) is 0 Å². The highest BCUT2D eigenvalue weighted by molar-refractivity contribution is 6.02. The molecule has 1 aliphatic heterocycles. The van der Waals surface area contributed by atoms with Gasteiger partial charge in [0.15, 0.2) is 0 Å². The second kappa shape index (κ2) is 41.5. The van der Waals surface area contributed by atoms with Gasteiger partial charge in [0.05, 0.1) is 144 Å². The number of imide groups is 1. The van der Waals surface area contributed by atoms with E-state index in [1.54, 1.807) is 19.2 Å². The molecule has 28 heteroatoms. The Morgan fingerprint density at radius 3 is 1.83 bits per heavy atom. The number of benzene rings is 1. The summed E-state index contributed by atoms with van der Waals surface area (Å²) in [5.74, 6) is 3.65. The number of rotatable bonds is 45. The van der Waals surface area contributed by atoms with E-state index in [1.807, 2.05) is 0 Å². The van der Waals surface area contributed by atoms with E-state index in [9.17, 15) is 38.7 Å². The third kappa shape index (κ3) is 32.3. The molecule has 1 fully saturated rings. The summed E-state index contributed by atoms with van der Waals surface area (Å²) in [7, 11) is 3.09. The van der Waals surface area contributed by atoms with E-state index in [4.69, 9.17) is 64.7 Å². The number of hydrazine groups is 1. The number of hydrogen-bond acceptors (Lipinski definition) is 21. The minimum Gasteiger partial charge on any atom is -0.443 e. The standard InChI is InChI=1S/C47H80N10O18/c1-55(47(65)75-35-38(48)33-56(50)11-14-68-18-19-70-22-23-72-26-27-74-29-28-73-25-24-71-21-20-69-17-16-66-2)32-37-30-39(6-5-36(37)34-58)53-45(63)40(4-3-10-51-46(49)64)54-42(60)31-52-41(59)9-13-67-15-12-57-43(61)7-8-44(57)62/h5-6,30,33,40,58H,3-4,7-29,31-32,34-35,48,50H2,1-2H3,(H,52,59)(H,53,63)(H,54,60)(H3,49,51,64)/b38-33-/t40-/m0/s1. The van der Waals surface area contributed by atoms with Crippen LogP contribution in [0.15, 0.2) is 30.1 Å². The van der Waals surface area contributed by atoms with E-state index in [0.717, 1.165) is 4.90 Å². The van der Waals surface area contributed by atoms with Crippen LogP contribution >= 0.6 is 0 Å². The van der Waals surface area contributed by atoms with Crippen LogP contribution in [0.2, 0.25) is 0 Å². The van der Waals surface area contributed by atoms with Crippen LogP contribution in [-0.4, -0.2) is 227 Å². The first-order valence-electron chi connectivity index (χ1n) is 24.7. The van der Waals surface area contributed by atoms with E-state index in [0.29, 0.717) is 104 Å². The zero-order valence-electron chi connectivity index (χ0n) is 43.4. The molecule has 2 rings (SSSR count). The lowest BCUT2D eigenvalue weighted by Crippen LogP contribution is -2.47. The van der Waals surface area contributed by atoms with Crippen molar-refractivity contribution in [3.8, 4) is 0 Å². The van der Waals surface area contributed by atoms with Crippen LogP contribution in [0.3, 0.4) is 0 Å². The smallest absolute Gasteiger partial charge is 0.410 e. The number of aliphatic hydroxyl groups is 1. The van der Waals surface area contributed by atoms with E-state index >= 15 is 0 Å². The number of carbonyl (C=O) groups is 7. The Hall–Kier alpha value is -5.79. The molecule has 1 aliphatic rings. The summed E-state index contributed by atoms with van der Waals surface area (Å²) in [6.07, 6.45) is 1.21. The van der Waals surface area contributed by atoms with Crippen molar-refractivity contribution >= 4 is 47.3 Å². The van der Waals surface area contributed by atoms with Gasteiger partial charge in [0, 0.05) is 58.4 Å². The Morgan fingerprint density at radius 2 is 1.28 bits per heavy atom. The lowest BCUT2D eigenvalue weighted by atomic mass is 10.1. The van der Waals surface area contributed by atoms with Crippen molar-refractivity contribution in [3.05, 3.63) is 41.2 Å². The number of primary amides is 1. The number of nitrogens with zero attached hydrogens (tertiary/aromatic N) is 3. The molecule has 1 aromatic rings. The number of hydrogen-bond donors (Lipinski definition) is 8. The SMILES string of the molecule is COCCOCCOCCOCCOCCOCCOCCOCCN(N)/C=C(\N)COC(=O)N(C)Cc1cc(NC(=O)[C@H](CCCNC(N)=O)NC(=O)CNC(=O)CCOCCN2C(=O)CCC2=O)ccc1CO. The van der Waals surface area contributed by atoms with Gasteiger partial charge in [-0.15, -0.1) is 0 Å². The molecule has 0 bridgehead atoms. The minimum absolute atomic E-state index is 0.0202. The Kier molecular flexibility index (Phi) is 36.1. The number of nitrogens with one attached hydrogen (secondary N) is 4. The van der Waals surface area contributed by atoms with Crippen LogP contribution in [0, 0.1) is 0 Å². The zero-order valence-corrected chi connectivity index (χ0v) is 43.4. The molecule has 11 N–H and O–H groups in total. The molecular weight excluding hydrogens is 993 g/mol. The lowest BCUT2D eigenvalue weighted by Gasteiger charge is -2.21. The van der Waals surface area contributed by atoms with E-state index < -0.39 is 42.4 Å². The quantitative estimate of drug-likeness (QED) is 0.0152. The number of likely N-dealkylation sites (tertiary alicyclic amines) is 1. The summed E-state index contributed by atoms with van der Waals surface area (Å²) < 4.78 is 53.8. The molecule has 75 heavy (non-hydrogen) atoms. The van der Waals surface area contributed by atoms with Gasteiger partial charge in [-0.2, -0.15) is 0 Å². The number of aliphatic hydroxyl groups excluding tert-OH is 1. The summed E-state index contributed by atoms with van der Waals surface area (Å²) in [4.78, 5) is 88.6. The molecule has 0 radical (unpaired) electrons. The first-order valence-corrected chi connectivity index (χ1v) is 24.7. The zero-order chi connectivity index (χ0) is 54.9. The predicted molar refractivity (Wildman–Crippen MR) is 268 cm³/mol. The molecule has 8 amide bonds. The number of methoxy groups -OCH3 is 1. The largest absolute Gasteiger partial charge is 0.443 e. The topological polar surface area (TPSA) is 368 Å². The fourth-order valence-corrected chi connectivity index (χ4v) is 6.45. The minimum atomic E-state index is -1.12. The number of anilines is 1. The van der Waals surface area contributed by atoms with Crippen LogP contribution in [0.5, 0.6) is 0 Å². The summed E-state index contributed by atoms with van der Waals surface area (Å²) in [6.45, 7) is 5.97. The maximum atomic E-state index is 13.5. The molecule has 0 spiro atoms. The van der Waals surface area contributed by atoms with Crippen molar-refractivity contribution in [2.24, 2.45) is 17.3 Å². The number of amides is 8. The van der Waals surface area contributed by atoms with Crippen molar-refractivity contribution in [1.82, 2.24) is 30.8 Å². The fourth-order valence-electron chi connectivity index (χ4n) is 6.45. The highest BCUT2D eigenvalue weighted by Gasteiger charge is 2.28. The molecule has 1 atom stereocenters. The Balaban J connectivity index is 1.66. The number of urea groups is 1. The summed E-state index contributed by atoms with van der Waals surface area (Å²) in [5, 5.41) is 21.5. The normalized spacial score (nSPS) is 12.9. The summed E-state index contributed by atoms with van der Waals surface area (Å²) in [5.41, 5.74) is 12.6. The van der Waals surface area contributed by atoms with Crippen molar-refractivity contribution in [3.63, 3.8) is 0 Å². The molecule has 0 unspecified atom stereocenters. The number of carbonyl (C=O) groups excluding carboxylic acids is 7. The van der Waals surface area contributed by atoms with Gasteiger partial charge < -0.3 is 95.1 Å². The Morgan fingerprint density at radius 1 is 0.733 bits per heavy atom. The van der Waals surface area contributed by atoms with Gasteiger partial charge in [-0.25, -0.2) is 15.4 Å². The maximum Gasteiger partial charge on any atom is 0.410 e. The van der Waals surface area contributed by atoms with Gasteiger partial charge in [-0.3, -0.25) is 28.9 Å². The first-order chi connectivity index (χ1) is 36.2. The number of nitrogens with two attached hydrogens (primary N) is 3. The van der Waals surface area contributed by atoms with Gasteiger partial charge in [0.1, 0.15) is 12.6 Å². The number of ether oxygens (including phenoxy) is 10. The molecule has 1 saturated heterocycles. The van der Waals surface area contributed by atoms with Crippen LogP contribution < -0.4 is 38.6 Å². The highest BCUT2D eigenvalue weighted by Crippen LogP contribution is 2.19. The van der Waals surface area contributed by atoms with E-state index in [1.165, 1.54) is 29.2 Å². The predicted octanol–water partition coefficient (Wildman–Crippen LogP) is -1.97. The van der Waals surface area contributed by atoms with E-state index in [2.05, 4.69) is 21.3 Å². The molecule has 1 heterocycles. The van der Waals surface area contributed by atoms with Gasteiger partial charge in [0.2, 0.25) is 29.5 Å². The molecule has 28 nitrogen and oxygen atoms in total. The molecular formula is C47H80N10O18. The monoisotopic (exact) mass is 1070 g/mol. The van der Waals surface area contributed by atoms with Gasteiger partial charge in [0.25, 0.3) is 0 Å². The van der Waals surface area contributed by atoms with Crippen molar-refractivity contribution in [2.75, 3.05) is 165 Å². The molecule has 0 aromatic heterocycles. The Labute approximate surface area is 437 Å². The van der Waals surface area contributed by atoms with Crippen LogP contribution in [0.1, 0.15) is 43.2 Å².